The van der Waals surface area contributed by atoms with Gasteiger partial charge in [0, 0.05) is 26.0 Å². The third kappa shape index (κ3) is 3.84. The Balaban J connectivity index is 1.82. The van der Waals surface area contributed by atoms with Gasteiger partial charge in [-0.3, -0.25) is 4.79 Å². The normalized spacial score (nSPS) is 12.0. The Morgan fingerprint density at radius 1 is 1.38 bits per heavy atom. The Kier molecular flexibility index (Phi) is 4.98. The van der Waals surface area contributed by atoms with Crippen LogP contribution in [0.15, 0.2) is 36.7 Å². The first-order valence-electron chi connectivity index (χ1n) is 7.01. The van der Waals surface area contributed by atoms with Crippen LogP contribution in [0.1, 0.15) is 35.4 Å². The van der Waals surface area contributed by atoms with Gasteiger partial charge in [0.25, 0.3) is 5.91 Å². The molecule has 0 saturated carbocycles. The summed E-state index contributed by atoms with van der Waals surface area (Å²) >= 11 is 0. The van der Waals surface area contributed by atoms with Crippen LogP contribution < -0.4 is 10.1 Å². The third-order valence-electron chi connectivity index (χ3n) is 3.57. The molecule has 5 nitrogen and oxygen atoms in total. The van der Waals surface area contributed by atoms with Crippen molar-refractivity contribution >= 4 is 5.91 Å². The van der Waals surface area contributed by atoms with Gasteiger partial charge in [-0.25, -0.2) is 4.98 Å². The molecule has 0 aliphatic heterocycles. The van der Waals surface area contributed by atoms with Crippen molar-refractivity contribution in [2.75, 3.05) is 13.7 Å². The minimum Gasteiger partial charge on any atom is -0.497 e. The zero-order valence-corrected chi connectivity index (χ0v) is 12.7. The van der Waals surface area contributed by atoms with Crippen LogP contribution in [0, 0.1) is 0 Å². The molecule has 2 rings (SSSR count). The van der Waals surface area contributed by atoms with E-state index in [9.17, 15) is 4.79 Å². The molecule has 0 bridgehead atoms. The molecule has 0 spiro atoms. The van der Waals surface area contributed by atoms with E-state index in [2.05, 4.69) is 29.4 Å². The molecule has 2 aromatic rings. The Labute approximate surface area is 125 Å². The minimum atomic E-state index is -0.135. The van der Waals surface area contributed by atoms with Crippen LogP contribution in [0.5, 0.6) is 5.75 Å². The Morgan fingerprint density at radius 2 is 2.10 bits per heavy atom. The lowest BCUT2D eigenvalue weighted by atomic mass is 9.98. The molecule has 1 aromatic heterocycles. The lowest BCUT2D eigenvalue weighted by Crippen LogP contribution is -2.27. The summed E-state index contributed by atoms with van der Waals surface area (Å²) in [5, 5.41) is 2.90. The number of rotatable bonds is 6. The van der Waals surface area contributed by atoms with Gasteiger partial charge in [0.05, 0.1) is 7.11 Å². The van der Waals surface area contributed by atoms with E-state index in [0.717, 1.165) is 12.2 Å². The number of imidazole rings is 1. The number of nitrogens with zero attached hydrogens (tertiary/aromatic N) is 2. The van der Waals surface area contributed by atoms with Crippen LogP contribution >= 0.6 is 0 Å². The van der Waals surface area contributed by atoms with Crippen molar-refractivity contribution in [3.05, 3.63) is 48.0 Å². The van der Waals surface area contributed by atoms with Crippen molar-refractivity contribution < 1.29 is 9.53 Å². The molecule has 1 unspecified atom stereocenters. The number of aromatic nitrogens is 2. The predicted octanol–water partition coefficient (Wildman–Crippen LogP) is 2.35. The molecule has 0 saturated heterocycles. The number of carbonyl (C=O) groups excluding carboxylic acids is 1. The Morgan fingerprint density at radius 3 is 2.67 bits per heavy atom. The van der Waals surface area contributed by atoms with Gasteiger partial charge >= 0.3 is 0 Å². The molecule has 1 atom stereocenters. The van der Waals surface area contributed by atoms with E-state index in [1.807, 2.05) is 19.2 Å². The van der Waals surface area contributed by atoms with Crippen LogP contribution in [0.3, 0.4) is 0 Å². The van der Waals surface area contributed by atoms with E-state index in [1.165, 1.54) is 5.56 Å². The maximum absolute atomic E-state index is 11.9. The Hall–Kier alpha value is -2.30. The molecule has 5 heteroatoms. The van der Waals surface area contributed by atoms with Crippen molar-refractivity contribution in [1.29, 1.82) is 0 Å². The van der Waals surface area contributed by atoms with Gasteiger partial charge in [0.2, 0.25) is 0 Å². The fourth-order valence-electron chi connectivity index (χ4n) is 2.16. The lowest BCUT2D eigenvalue weighted by Gasteiger charge is -2.13. The molecule has 0 aliphatic rings. The van der Waals surface area contributed by atoms with Crippen LogP contribution in [-0.4, -0.2) is 29.1 Å². The first-order chi connectivity index (χ1) is 10.1. The smallest absolute Gasteiger partial charge is 0.287 e. The average molecular weight is 287 g/mol. The second kappa shape index (κ2) is 6.92. The molecule has 1 amide bonds. The summed E-state index contributed by atoms with van der Waals surface area (Å²) in [4.78, 5) is 15.9. The van der Waals surface area contributed by atoms with Crippen LogP contribution in [0.2, 0.25) is 0 Å². The first kappa shape index (κ1) is 15.1. The number of methoxy groups -OCH3 is 1. The molecule has 1 aromatic carbocycles. The molecule has 0 aliphatic carbocycles. The maximum atomic E-state index is 11.9. The number of ether oxygens (including phenoxy) is 1. The van der Waals surface area contributed by atoms with E-state index in [1.54, 1.807) is 24.1 Å². The van der Waals surface area contributed by atoms with Gasteiger partial charge in [-0.2, -0.15) is 0 Å². The van der Waals surface area contributed by atoms with E-state index in [-0.39, 0.29) is 5.91 Å². The van der Waals surface area contributed by atoms with Crippen LogP contribution in [0.25, 0.3) is 0 Å². The topological polar surface area (TPSA) is 56.1 Å². The molecule has 112 valence electrons. The highest BCUT2D eigenvalue weighted by molar-refractivity contribution is 5.90. The maximum Gasteiger partial charge on any atom is 0.287 e. The van der Waals surface area contributed by atoms with Gasteiger partial charge in [-0.15, -0.1) is 0 Å². The monoisotopic (exact) mass is 287 g/mol. The number of aryl methyl sites for hydroxylation is 1. The minimum absolute atomic E-state index is 0.135. The van der Waals surface area contributed by atoms with Crippen LogP contribution in [-0.2, 0) is 7.05 Å². The molecule has 21 heavy (non-hydrogen) atoms. The van der Waals surface area contributed by atoms with Gasteiger partial charge < -0.3 is 14.6 Å². The number of amides is 1. The fourth-order valence-corrected chi connectivity index (χ4v) is 2.16. The molecule has 0 radical (unpaired) electrons. The third-order valence-corrected chi connectivity index (χ3v) is 3.57. The van der Waals surface area contributed by atoms with Crippen molar-refractivity contribution in [2.45, 2.75) is 19.3 Å². The van der Waals surface area contributed by atoms with Crippen molar-refractivity contribution in [1.82, 2.24) is 14.9 Å². The van der Waals surface area contributed by atoms with Crippen molar-refractivity contribution in [3.63, 3.8) is 0 Å². The summed E-state index contributed by atoms with van der Waals surface area (Å²) in [6.07, 6.45) is 4.26. The number of carbonyl (C=O) groups is 1. The number of nitrogens with one attached hydrogen (secondary N) is 1. The standard InChI is InChI=1S/C16H21N3O2/c1-12(13-4-6-14(21-3)7-5-13)8-9-18-16(20)15-17-10-11-19(15)2/h4-7,10-12H,8-9H2,1-3H3,(H,18,20). The van der Waals surface area contributed by atoms with Gasteiger partial charge in [0.15, 0.2) is 5.82 Å². The number of hydrogen-bond donors (Lipinski definition) is 1. The molecule has 0 fully saturated rings. The van der Waals surface area contributed by atoms with E-state index in [0.29, 0.717) is 18.3 Å². The van der Waals surface area contributed by atoms with E-state index >= 15 is 0 Å². The molecular formula is C16H21N3O2. The number of hydrogen-bond acceptors (Lipinski definition) is 3. The van der Waals surface area contributed by atoms with E-state index in [4.69, 9.17) is 4.74 Å². The summed E-state index contributed by atoms with van der Waals surface area (Å²) in [6.45, 7) is 2.77. The van der Waals surface area contributed by atoms with Crippen LogP contribution in [0.4, 0.5) is 0 Å². The summed E-state index contributed by atoms with van der Waals surface area (Å²) in [6, 6.07) is 8.03. The SMILES string of the molecule is COc1ccc(C(C)CCNC(=O)c2nccn2C)cc1. The van der Waals surface area contributed by atoms with Crippen molar-refractivity contribution in [3.8, 4) is 5.75 Å². The summed E-state index contributed by atoms with van der Waals surface area (Å²) < 4.78 is 6.86. The lowest BCUT2D eigenvalue weighted by molar-refractivity contribution is 0.0939. The summed E-state index contributed by atoms with van der Waals surface area (Å²) in [7, 11) is 3.47. The van der Waals surface area contributed by atoms with Gasteiger partial charge in [0.1, 0.15) is 5.75 Å². The fraction of sp³-hybridized carbons (Fsp3) is 0.375. The molecule has 1 N–H and O–H groups in total. The Bertz CT molecular complexity index is 590. The van der Waals surface area contributed by atoms with Gasteiger partial charge in [-0.05, 0) is 30.0 Å². The quantitative estimate of drug-likeness (QED) is 0.887. The highest BCUT2D eigenvalue weighted by Crippen LogP contribution is 2.21. The second-order valence-electron chi connectivity index (χ2n) is 5.08. The highest BCUT2D eigenvalue weighted by atomic mass is 16.5. The highest BCUT2D eigenvalue weighted by Gasteiger charge is 2.11. The zero-order valence-electron chi connectivity index (χ0n) is 12.7. The zero-order chi connectivity index (χ0) is 15.2. The molecular weight excluding hydrogens is 266 g/mol. The van der Waals surface area contributed by atoms with Gasteiger partial charge in [-0.1, -0.05) is 19.1 Å². The largest absolute Gasteiger partial charge is 0.497 e. The van der Waals surface area contributed by atoms with E-state index < -0.39 is 0 Å². The molecule has 1 heterocycles. The summed E-state index contributed by atoms with van der Waals surface area (Å²) in [5.74, 6) is 1.53. The average Bonchev–Trinajstić information content (AvgIpc) is 2.93. The number of benzene rings is 1. The second-order valence-corrected chi connectivity index (χ2v) is 5.08. The predicted molar refractivity (Wildman–Crippen MR) is 81.6 cm³/mol. The summed E-state index contributed by atoms with van der Waals surface area (Å²) in [5.41, 5.74) is 1.24. The first-order valence-corrected chi connectivity index (χ1v) is 7.01. The van der Waals surface area contributed by atoms with Crippen molar-refractivity contribution in [2.24, 2.45) is 7.05 Å².